The molecule has 2 aromatic rings. The van der Waals surface area contributed by atoms with Gasteiger partial charge in [0, 0.05) is 12.0 Å². The molecule has 0 unspecified atom stereocenters. The SMILES string of the molecule is Nc1nc(-c2ccccc2[N+](=O)[O-])nc(C2CC2)n1. The van der Waals surface area contributed by atoms with Crippen molar-refractivity contribution in [1.82, 2.24) is 15.0 Å². The number of anilines is 1. The van der Waals surface area contributed by atoms with Gasteiger partial charge in [0.05, 0.1) is 10.5 Å². The summed E-state index contributed by atoms with van der Waals surface area (Å²) < 4.78 is 0. The second-order valence-corrected chi connectivity index (χ2v) is 4.42. The molecule has 1 aliphatic rings. The summed E-state index contributed by atoms with van der Waals surface area (Å²) in [4.78, 5) is 23.0. The van der Waals surface area contributed by atoms with Crippen molar-refractivity contribution < 1.29 is 4.92 Å². The zero-order chi connectivity index (χ0) is 13.4. The number of rotatable bonds is 3. The van der Waals surface area contributed by atoms with Crippen LogP contribution in [0.2, 0.25) is 0 Å². The summed E-state index contributed by atoms with van der Waals surface area (Å²) in [7, 11) is 0. The average molecular weight is 257 g/mol. The minimum absolute atomic E-state index is 0.0325. The third-order valence-corrected chi connectivity index (χ3v) is 2.95. The fourth-order valence-corrected chi connectivity index (χ4v) is 1.88. The minimum Gasteiger partial charge on any atom is -0.368 e. The van der Waals surface area contributed by atoms with Crippen molar-refractivity contribution in [3.63, 3.8) is 0 Å². The Hall–Kier alpha value is -2.57. The maximum atomic E-state index is 11.0. The molecular formula is C12H11N5O2. The molecule has 0 radical (unpaired) electrons. The van der Waals surface area contributed by atoms with Crippen molar-refractivity contribution in [2.75, 3.05) is 5.73 Å². The molecule has 1 heterocycles. The number of nitrogen functional groups attached to an aromatic ring is 1. The van der Waals surface area contributed by atoms with Crippen LogP contribution in [0.1, 0.15) is 24.6 Å². The lowest BCUT2D eigenvalue weighted by atomic mass is 10.1. The van der Waals surface area contributed by atoms with Gasteiger partial charge in [-0.25, -0.2) is 4.98 Å². The van der Waals surface area contributed by atoms with Crippen molar-refractivity contribution in [1.29, 1.82) is 0 Å². The van der Waals surface area contributed by atoms with Gasteiger partial charge in [-0.3, -0.25) is 10.1 Å². The Morgan fingerprint density at radius 2 is 1.95 bits per heavy atom. The topological polar surface area (TPSA) is 108 Å². The Labute approximate surface area is 108 Å². The average Bonchev–Trinajstić information content (AvgIpc) is 3.22. The Morgan fingerprint density at radius 1 is 1.21 bits per heavy atom. The van der Waals surface area contributed by atoms with Crippen LogP contribution in [-0.4, -0.2) is 19.9 Å². The lowest BCUT2D eigenvalue weighted by Crippen LogP contribution is -2.05. The van der Waals surface area contributed by atoms with Gasteiger partial charge in [-0.1, -0.05) is 12.1 Å². The van der Waals surface area contributed by atoms with Crippen LogP contribution in [0.25, 0.3) is 11.4 Å². The van der Waals surface area contributed by atoms with Crippen molar-refractivity contribution in [2.45, 2.75) is 18.8 Å². The van der Waals surface area contributed by atoms with E-state index in [2.05, 4.69) is 15.0 Å². The highest BCUT2D eigenvalue weighted by Crippen LogP contribution is 2.39. The molecule has 0 aliphatic heterocycles. The van der Waals surface area contributed by atoms with E-state index in [9.17, 15) is 10.1 Å². The molecule has 1 fully saturated rings. The number of nitro benzene ring substituents is 1. The normalized spacial score (nSPS) is 14.3. The van der Waals surface area contributed by atoms with E-state index < -0.39 is 4.92 Å². The minimum atomic E-state index is -0.452. The van der Waals surface area contributed by atoms with Gasteiger partial charge in [0.2, 0.25) is 5.95 Å². The molecule has 96 valence electrons. The Balaban J connectivity index is 2.13. The molecule has 0 amide bonds. The first-order chi connectivity index (χ1) is 9.15. The van der Waals surface area contributed by atoms with Gasteiger partial charge in [0.1, 0.15) is 5.82 Å². The van der Waals surface area contributed by atoms with E-state index in [0.29, 0.717) is 17.3 Å². The first kappa shape index (κ1) is 11.5. The van der Waals surface area contributed by atoms with E-state index in [0.717, 1.165) is 12.8 Å². The predicted molar refractivity (Wildman–Crippen MR) is 68.3 cm³/mol. The third kappa shape index (κ3) is 2.22. The summed E-state index contributed by atoms with van der Waals surface area (Å²) in [5.74, 6) is 1.30. The second-order valence-electron chi connectivity index (χ2n) is 4.42. The van der Waals surface area contributed by atoms with Crippen LogP contribution >= 0.6 is 0 Å². The van der Waals surface area contributed by atoms with E-state index in [1.54, 1.807) is 18.2 Å². The summed E-state index contributed by atoms with van der Waals surface area (Å²) in [6.45, 7) is 0. The number of nitrogens with zero attached hydrogens (tertiary/aromatic N) is 4. The lowest BCUT2D eigenvalue weighted by Gasteiger charge is -2.04. The fourth-order valence-electron chi connectivity index (χ4n) is 1.88. The van der Waals surface area contributed by atoms with Gasteiger partial charge in [0.15, 0.2) is 5.82 Å². The molecule has 1 aromatic heterocycles. The molecule has 1 saturated carbocycles. The highest BCUT2D eigenvalue weighted by atomic mass is 16.6. The molecule has 3 rings (SSSR count). The molecule has 2 N–H and O–H groups in total. The summed E-state index contributed by atoms with van der Waals surface area (Å²) in [5, 5.41) is 11.0. The first-order valence-corrected chi connectivity index (χ1v) is 5.90. The number of benzene rings is 1. The van der Waals surface area contributed by atoms with E-state index in [-0.39, 0.29) is 17.5 Å². The summed E-state index contributed by atoms with van der Waals surface area (Å²) in [6, 6.07) is 6.35. The Bertz CT molecular complexity index is 654. The van der Waals surface area contributed by atoms with Crippen LogP contribution in [0.5, 0.6) is 0 Å². The van der Waals surface area contributed by atoms with Gasteiger partial charge in [-0.05, 0) is 18.9 Å². The maximum absolute atomic E-state index is 11.0. The number of nitro groups is 1. The third-order valence-electron chi connectivity index (χ3n) is 2.95. The van der Waals surface area contributed by atoms with Crippen LogP contribution in [0.4, 0.5) is 11.6 Å². The van der Waals surface area contributed by atoms with Gasteiger partial charge in [0.25, 0.3) is 5.69 Å². The summed E-state index contributed by atoms with van der Waals surface area (Å²) >= 11 is 0. The van der Waals surface area contributed by atoms with Crippen LogP contribution < -0.4 is 5.73 Å². The molecule has 1 aliphatic carbocycles. The van der Waals surface area contributed by atoms with E-state index in [1.807, 2.05) is 0 Å². The van der Waals surface area contributed by atoms with Gasteiger partial charge >= 0.3 is 0 Å². The second kappa shape index (κ2) is 4.27. The molecule has 0 atom stereocenters. The highest BCUT2D eigenvalue weighted by Gasteiger charge is 2.28. The van der Waals surface area contributed by atoms with Crippen LogP contribution in [0.3, 0.4) is 0 Å². The smallest absolute Gasteiger partial charge is 0.280 e. The Morgan fingerprint density at radius 3 is 2.63 bits per heavy atom. The molecule has 0 spiro atoms. The molecule has 0 saturated heterocycles. The zero-order valence-electron chi connectivity index (χ0n) is 9.98. The largest absolute Gasteiger partial charge is 0.368 e. The Kier molecular flexibility index (Phi) is 2.59. The molecular weight excluding hydrogens is 246 g/mol. The zero-order valence-corrected chi connectivity index (χ0v) is 9.98. The number of hydrogen-bond donors (Lipinski definition) is 1. The molecule has 0 bridgehead atoms. The molecule has 19 heavy (non-hydrogen) atoms. The molecule has 7 nitrogen and oxygen atoms in total. The van der Waals surface area contributed by atoms with Crippen LogP contribution in [0.15, 0.2) is 24.3 Å². The predicted octanol–water partition coefficient (Wildman–Crippen LogP) is 1.91. The van der Waals surface area contributed by atoms with E-state index in [4.69, 9.17) is 5.73 Å². The monoisotopic (exact) mass is 257 g/mol. The maximum Gasteiger partial charge on any atom is 0.280 e. The standard InChI is InChI=1S/C12H11N5O2/c13-12-15-10(7-5-6-7)14-11(16-12)8-3-1-2-4-9(8)17(18)19/h1-4,7H,5-6H2,(H2,13,14,15,16). The summed E-state index contributed by atoms with van der Waals surface area (Å²) in [6.07, 6.45) is 2.06. The van der Waals surface area contributed by atoms with Crippen molar-refractivity contribution in [3.05, 3.63) is 40.2 Å². The number of aromatic nitrogens is 3. The first-order valence-electron chi connectivity index (χ1n) is 5.90. The van der Waals surface area contributed by atoms with Gasteiger partial charge < -0.3 is 5.73 Å². The van der Waals surface area contributed by atoms with Crippen LogP contribution in [-0.2, 0) is 0 Å². The van der Waals surface area contributed by atoms with E-state index in [1.165, 1.54) is 6.07 Å². The van der Waals surface area contributed by atoms with Crippen molar-refractivity contribution in [3.8, 4) is 11.4 Å². The quantitative estimate of drug-likeness (QED) is 0.664. The van der Waals surface area contributed by atoms with Crippen molar-refractivity contribution in [2.24, 2.45) is 0 Å². The van der Waals surface area contributed by atoms with Crippen molar-refractivity contribution >= 4 is 11.6 Å². The number of para-hydroxylation sites is 1. The van der Waals surface area contributed by atoms with Gasteiger partial charge in [-0.2, -0.15) is 9.97 Å². The number of nitrogens with two attached hydrogens (primary N) is 1. The number of hydrogen-bond acceptors (Lipinski definition) is 6. The molecule has 7 heteroatoms. The van der Waals surface area contributed by atoms with Crippen LogP contribution in [0, 0.1) is 10.1 Å². The summed E-state index contributed by atoms with van der Waals surface area (Å²) in [5.41, 5.74) is 5.99. The molecule has 1 aromatic carbocycles. The fraction of sp³-hybridized carbons (Fsp3) is 0.250. The lowest BCUT2D eigenvalue weighted by molar-refractivity contribution is -0.384. The highest BCUT2D eigenvalue weighted by molar-refractivity contribution is 5.68. The van der Waals surface area contributed by atoms with Gasteiger partial charge in [-0.15, -0.1) is 0 Å². The van der Waals surface area contributed by atoms with E-state index >= 15 is 0 Å².